The molecular weight excluding hydrogens is 474 g/mol. The lowest BCUT2D eigenvalue weighted by Crippen LogP contribution is -2.38. The highest BCUT2D eigenvalue weighted by Gasteiger charge is 2.43. The molecule has 2 aromatic carbocycles. The van der Waals surface area contributed by atoms with Crippen molar-refractivity contribution >= 4 is 28.3 Å². The molecule has 0 saturated heterocycles. The molecule has 1 N–H and O–H groups in total. The zero-order chi connectivity index (χ0) is 25.4. The minimum Gasteiger partial charge on any atom is -0.457 e. The minimum atomic E-state index is -0.825. The van der Waals surface area contributed by atoms with Gasteiger partial charge in [-0.1, -0.05) is 55.5 Å². The van der Waals surface area contributed by atoms with Crippen molar-refractivity contribution in [1.82, 2.24) is 20.1 Å². The lowest BCUT2D eigenvalue weighted by atomic mass is 9.69. The van der Waals surface area contributed by atoms with Crippen molar-refractivity contribution in [2.75, 3.05) is 19.4 Å². The van der Waals surface area contributed by atoms with Crippen molar-refractivity contribution in [2.45, 2.75) is 19.8 Å². The van der Waals surface area contributed by atoms with Crippen molar-refractivity contribution in [1.29, 1.82) is 0 Å². The van der Waals surface area contributed by atoms with Gasteiger partial charge in [0.1, 0.15) is 17.0 Å². The first-order chi connectivity index (χ1) is 17.3. The molecule has 0 radical (unpaired) electrons. The summed E-state index contributed by atoms with van der Waals surface area (Å²) in [6.45, 7) is 3.85. The van der Waals surface area contributed by atoms with Crippen LogP contribution in [0.5, 0.6) is 11.5 Å². The van der Waals surface area contributed by atoms with Crippen LogP contribution in [-0.4, -0.2) is 46.0 Å². The molecule has 0 aliphatic carbocycles. The third-order valence-electron chi connectivity index (χ3n) is 6.37. The molecule has 2 aromatic heterocycles. The summed E-state index contributed by atoms with van der Waals surface area (Å²) in [6, 6.07) is 17.3. The summed E-state index contributed by atoms with van der Waals surface area (Å²) in [7, 11) is 3.42. The number of hydrogen-bond acceptors (Lipinski definition) is 7. The number of carbonyl (C=O) groups excluding carboxylic acids is 2. The molecule has 3 heterocycles. The van der Waals surface area contributed by atoms with Gasteiger partial charge in [0.25, 0.3) is 5.91 Å². The average molecular weight is 500 g/mol. The minimum absolute atomic E-state index is 0.101. The Balaban J connectivity index is 1.53. The van der Waals surface area contributed by atoms with E-state index in [1.54, 1.807) is 31.9 Å². The second kappa shape index (κ2) is 9.16. The predicted octanol–water partition coefficient (Wildman–Crippen LogP) is 5.20. The van der Waals surface area contributed by atoms with Crippen LogP contribution in [-0.2, 0) is 4.79 Å². The normalized spacial score (nSPS) is 14.3. The topological polar surface area (TPSA) is 97.3 Å². The van der Waals surface area contributed by atoms with Crippen LogP contribution in [0.2, 0.25) is 0 Å². The van der Waals surface area contributed by atoms with Crippen LogP contribution in [0.15, 0.2) is 66.3 Å². The maximum atomic E-state index is 13.4. The van der Waals surface area contributed by atoms with Crippen LogP contribution in [0.3, 0.4) is 0 Å². The van der Waals surface area contributed by atoms with Gasteiger partial charge in [0.15, 0.2) is 0 Å². The third kappa shape index (κ3) is 4.22. The summed E-state index contributed by atoms with van der Waals surface area (Å²) in [5, 5.41) is 11.1. The monoisotopic (exact) mass is 499 g/mol. The number of nitrogens with one attached hydrogen (secondary N) is 1. The molecule has 2 amide bonds. The van der Waals surface area contributed by atoms with Crippen molar-refractivity contribution < 1.29 is 14.3 Å². The number of pyridine rings is 1. The van der Waals surface area contributed by atoms with E-state index in [0.717, 1.165) is 22.4 Å². The molecule has 1 aliphatic heterocycles. The SMILES string of the molecule is CN(C)C(=O)c1ccc(-c2ccc3c(c2)Oc2ccccc2C3C(C)(C)C(=O)Nc2nncs2)nc1. The van der Waals surface area contributed by atoms with Crippen molar-refractivity contribution in [3.63, 3.8) is 0 Å². The predicted molar refractivity (Wildman–Crippen MR) is 138 cm³/mol. The molecule has 1 aliphatic rings. The van der Waals surface area contributed by atoms with Crippen LogP contribution < -0.4 is 10.1 Å². The molecule has 36 heavy (non-hydrogen) atoms. The second-order valence-corrected chi connectivity index (χ2v) is 10.2. The van der Waals surface area contributed by atoms with Gasteiger partial charge in [0.05, 0.1) is 16.7 Å². The van der Waals surface area contributed by atoms with Crippen molar-refractivity contribution in [2.24, 2.45) is 5.41 Å². The van der Waals surface area contributed by atoms with Crippen LogP contribution in [0.25, 0.3) is 11.3 Å². The van der Waals surface area contributed by atoms with Gasteiger partial charge in [-0.25, -0.2) is 0 Å². The number of para-hydroxylation sites is 1. The molecule has 1 unspecified atom stereocenters. The molecule has 0 fully saturated rings. The number of ether oxygens (including phenoxy) is 1. The first-order valence-corrected chi connectivity index (χ1v) is 12.3. The Morgan fingerprint density at radius 2 is 1.81 bits per heavy atom. The van der Waals surface area contributed by atoms with E-state index in [1.165, 1.54) is 16.2 Å². The molecule has 4 aromatic rings. The van der Waals surface area contributed by atoms with Gasteiger partial charge in [0.2, 0.25) is 11.0 Å². The molecule has 1 atom stereocenters. The van der Waals surface area contributed by atoms with Crippen LogP contribution >= 0.6 is 11.3 Å². The van der Waals surface area contributed by atoms with E-state index in [1.807, 2.05) is 62.4 Å². The fraction of sp³-hybridized carbons (Fsp3) is 0.222. The smallest absolute Gasteiger partial charge is 0.254 e. The molecule has 182 valence electrons. The third-order valence-corrected chi connectivity index (χ3v) is 6.98. The molecule has 0 spiro atoms. The standard InChI is InChI=1S/C27H25N5O3S/c1-27(2,25(34)30-26-31-29-15-36-26)23-18-7-5-6-8-21(18)35-22-13-16(9-11-19(22)23)20-12-10-17(14-28-20)24(33)32(3)4/h5-15,23H,1-4H3,(H,30,31,34). The van der Waals surface area contributed by atoms with E-state index in [4.69, 9.17) is 4.74 Å². The first-order valence-electron chi connectivity index (χ1n) is 11.4. The highest BCUT2D eigenvalue weighted by molar-refractivity contribution is 7.13. The van der Waals surface area contributed by atoms with Crippen LogP contribution in [0.4, 0.5) is 5.13 Å². The van der Waals surface area contributed by atoms with E-state index in [-0.39, 0.29) is 17.7 Å². The summed E-state index contributed by atoms with van der Waals surface area (Å²) >= 11 is 1.28. The molecular formula is C27H25N5O3S. The van der Waals surface area contributed by atoms with E-state index >= 15 is 0 Å². The molecule has 5 rings (SSSR count). The largest absolute Gasteiger partial charge is 0.457 e. The van der Waals surface area contributed by atoms with Gasteiger partial charge in [-0.2, -0.15) is 0 Å². The number of aromatic nitrogens is 3. The lowest BCUT2D eigenvalue weighted by Gasteiger charge is -2.38. The first kappa shape index (κ1) is 23.6. The maximum Gasteiger partial charge on any atom is 0.254 e. The van der Waals surface area contributed by atoms with Crippen LogP contribution in [0.1, 0.15) is 41.3 Å². The summed E-state index contributed by atoms with van der Waals surface area (Å²) in [5.74, 6) is 0.870. The number of fused-ring (bicyclic) bond motifs is 2. The molecule has 0 bridgehead atoms. The Morgan fingerprint density at radius 3 is 2.50 bits per heavy atom. The Bertz CT molecular complexity index is 1430. The van der Waals surface area contributed by atoms with Gasteiger partial charge < -0.3 is 15.0 Å². The summed E-state index contributed by atoms with van der Waals surface area (Å²) in [6.07, 6.45) is 1.58. The summed E-state index contributed by atoms with van der Waals surface area (Å²) in [4.78, 5) is 31.7. The number of anilines is 1. The maximum absolute atomic E-state index is 13.4. The number of benzene rings is 2. The Kier molecular flexibility index (Phi) is 6.01. The summed E-state index contributed by atoms with van der Waals surface area (Å²) in [5.41, 5.74) is 4.71. The zero-order valence-corrected chi connectivity index (χ0v) is 21.2. The molecule has 8 nitrogen and oxygen atoms in total. The number of amides is 2. The second-order valence-electron chi connectivity index (χ2n) is 9.38. The quantitative estimate of drug-likeness (QED) is 0.405. The number of rotatable bonds is 5. The number of carbonyl (C=O) groups is 2. The van der Waals surface area contributed by atoms with Crippen LogP contribution in [0, 0.1) is 5.41 Å². The van der Waals surface area contributed by atoms with E-state index in [9.17, 15) is 9.59 Å². The Morgan fingerprint density at radius 1 is 1.03 bits per heavy atom. The number of hydrogen-bond donors (Lipinski definition) is 1. The summed E-state index contributed by atoms with van der Waals surface area (Å²) < 4.78 is 6.30. The van der Waals surface area contributed by atoms with E-state index < -0.39 is 5.41 Å². The molecule has 0 saturated carbocycles. The lowest BCUT2D eigenvalue weighted by molar-refractivity contribution is -0.124. The van der Waals surface area contributed by atoms with E-state index in [0.29, 0.717) is 22.2 Å². The zero-order valence-electron chi connectivity index (χ0n) is 20.4. The fourth-order valence-electron chi connectivity index (χ4n) is 4.46. The number of nitrogens with zero attached hydrogens (tertiary/aromatic N) is 4. The Hall–Kier alpha value is -4.11. The van der Waals surface area contributed by atoms with E-state index in [2.05, 4.69) is 20.5 Å². The molecule has 9 heteroatoms. The fourth-order valence-corrected chi connectivity index (χ4v) is 4.90. The van der Waals surface area contributed by atoms with Gasteiger partial charge in [-0.3, -0.25) is 14.6 Å². The van der Waals surface area contributed by atoms with Gasteiger partial charge >= 0.3 is 0 Å². The van der Waals surface area contributed by atoms with Crippen molar-refractivity contribution in [3.8, 4) is 22.8 Å². The Labute approximate surface area is 213 Å². The van der Waals surface area contributed by atoms with Crippen molar-refractivity contribution in [3.05, 3.63) is 83.0 Å². The highest BCUT2D eigenvalue weighted by atomic mass is 32.1. The highest BCUT2D eigenvalue weighted by Crippen LogP contribution is 2.52. The van der Waals surface area contributed by atoms with Gasteiger partial charge in [-0.05, 0) is 24.3 Å². The average Bonchev–Trinajstić information content (AvgIpc) is 3.39. The van der Waals surface area contributed by atoms with Gasteiger partial charge in [-0.15, -0.1) is 10.2 Å². The van der Waals surface area contributed by atoms with Gasteiger partial charge in [0, 0.05) is 42.9 Å².